The van der Waals surface area contributed by atoms with Gasteiger partial charge in [-0.2, -0.15) is 11.8 Å². The number of likely N-dealkylation sites (N-methyl/N-ethyl adjacent to an activating group) is 1. The maximum absolute atomic E-state index is 6.05. The van der Waals surface area contributed by atoms with Crippen molar-refractivity contribution in [2.45, 2.75) is 31.8 Å². The van der Waals surface area contributed by atoms with E-state index >= 15 is 0 Å². The molecular weight excluding hydrogens is 242 g/mol. The lowest BCUT2D eigenvalue weighted by atomic mass is 9.93. The van der Waals surface area contributed by atoms with Crippen LogP contribution in [0.5, 0.6) is 0 Å². The number of nitrogens with two attached hydrogens (primary N) is 1. The van der Waals surface area contributed by atoms with Gasteiger partial charge in [0.25, 0.3) is 0 Å². The van der Waals surface area contributed by atoms with E-state index in [0.717, 1.165) is 30.2 Å². The molecule has 1 aromatic rings. The van der Waals surface area contributed by atoms with E-state index in [1.807, 2.05) is 24.8 Å². The highest BCUT2D eigenvalue weighted by Gasteiger charge is 2.35. The Labute approximate surface area is 114 Å². The van der Waals surface area contributed by atoms with Gasteiger partial charge in [0.2, 0.25) is 0 Å². The van der Waals surface area contributed by atoms with Crippen LogP contribution in [0.25, 0.3) is 0 Å². The molecule has 0 saturated carbocycles. The van der Waals surface area contributed by atoms with Crippen LogP contribution < -0.4 is 5.73 Å². The second kappa shape index (κ2) is 6.04. The smallest absolute Gasteiger partial charge is 0.0547 e. The van der Waals surface area contributed by atoms with Crippen LogP contribution in [0, 0.1) is 6.92 Å². The summed E-state index contributed by atoms with van der Waals surface area (Å²) in [7, 11) is 2.18. The third-order valence-corrected chi connectivity index (χ3v) is 5.16. The zero-order valence-corrected chi connectivity index (χ0v) is 12.2. The van der Waals surface area contributed by atoms with Crippen molar-refractivity contribution in [3.8, 4) is 0 Å². The monoisotopic (exact) mass is 265 g/mol. The fraction of sp³-hybridized carbons (Fsp3) is 0.643. The van der Waals surface area contributed by atoms with Crippen molar-refractivity contribution in [1.29, 1.82) is 0 Å². The Balaban J connectivity index is 2.07. The largest absolute Gasteiger partial charge is 0.329 e. The summed E-state index contributed by atoms with van der Waals surface area (Å²) in [4.78, 5) is 6.99. The first kappa shape index (κ1) is 13.8. The third-order valence-electron chi connectivity index (χ3n) is 3.84. The van der Waals surface area contributed by atoms with Crippen LogP contribution >= 0.6 is 11.8 Å². The number of thioether (sulfide) groups is 1. The summed E-state index contributed by atoms with van der Waals surface area (Å²) in [6.07, 6.45) is 2.48. The average molecular weight is 265 g/mol. The van der Waals surface area contributed by atoms with Gasteiger partial charge >= 0.3 is 0 Å². The second-order valence-corrected chi connectivity index (χ2v) is 6.32. The first-order valence-corrected chi connectivity index (χ1v) is 7.73. The molecule has 2 rings (SSSR count). The number of hydrogen-bond donors (Lipinski definition) is 1. The van der Waals surface area contributed by atoms with E-state index in [1.165, 1.54) is 18.6 Å². The van der Waals surface area contributed by atoms with E-state index in [0.29, 0.717) is 0 Å². The molecule has 1 fully saturated rings. The van der Waals surface area contributed by atoms with Crippen molar-refractivity contribution in [3.63, 3.8) is 0 Å². The fourth-order valence-corrected chi connectivity index (χ4v) is 3.91. The lowest BCUT2D eigenvalue weighted by molar-refractivity contribution is 0.125. The minimum absolute atomic E-state index is 0.161. The molecule has 2 N–H and O–H groups in total. The first-order chi connectivity index (χ1) is 8.66. The third kappa shape index (κ3) is 3.05. The van der Waals surface area contributed by atoms with Gasteiger partial charge in [0.05, 0.1) is 5.69 Å². The van der Waals surface area contributed by atoms with E-state index in [4.69, 9.17) is 5.73 Å². The van der Waals surface area contributed by atoms with Crippen molar-refractivity contribution in [2.75, 3.05) is 25.1 Å². The maximum atomic E-state index is 6.05. The minimum atomic E-state index is 0.161. The Morgan fingerprint density at radius 3 is 2.94 bits per heavy atom. The fourth-order valence-electron chi connectivity index (χ4n) is 2.55. The van der Waals surface area contributed by atoms with Crippen LogP contribution in [0.2, 0.25) is 0 Å². The summed E-state index contributed by atoms with van der Waals surface area (Å²) in [5.74, 6) is 2.42. The normalized spacial score (nSPS) is 24.4. The number of rotatable bonds is 4. The molecule has 1 saturated heterocycles. The molecular formula is C14H23N3S. The molecule has 1 aromatic heterocycles. The Bertz CT molecular complexity index is 388. The van der Waals surface area contributed by atoms with Gasteiger partial charge in [0, 0.05) is 30.1 Å². The molecule has 1 aliphatic rings. The lowest BCUT2D eigenvalue weighted by Gasteiger charge is -2.43. The summed E-state index contributed by atoms with van der Waals surface area (Å²) in [6.45, 7) is 3.67. The Kier molecular flexibility index (Phi) is 4.65. The van der Waals surface area contributed by atoms with E-state index in [1.54, 1.807) is 0 Å². The van der Waals surface area contributed by atoms with Crippen molar-refractivity contribution in [1.82, 2.24) is 9.88 Å². The molecule has 1 atom stereocenters. The highest BCUT2D eigenvalue weighted by molar-refractivity contribution is 7.99. The van der Waals surface area contributed by atoms with E-state index < -0.39 is 0 Å². The van der Waals surface area contributed by atoms with Crippen LogP contribution in [-0.2, 0) is 6.54 Å². The number of pyridine rings is 1. The molecule has 0 bridgehead atoms. The molecule has 0 spiro atoms. The Morgan fingerprint density at radius 2 is 2.33 bits per heavy atom. The van der Waals surface area contributed by atoms with E-state index in [-0.39, 0.29) is 5.54 Å². The van der Waals surface area contributed by atoms with Gasteiger partial charge in [0.15, 0.2) is 0 Å². The Morgan fingerprint density at radius 1 is 1.50 bits per heavy atom. The summed E-state index contributed by atoms with van der Waals surface area (Å²) in [5, 5.41) is 0. The number of aromatic nitrogens is 1. The molecule has 0 amide bonds. The maximum Gasteiger partial charge on any atom is 0.0547 e. The molecule has 100 valence electrons. The quantitative estimate of drug-likeness (QED) is 0.905. The topological polar surface area (TPSA) is 42.1 Å². The molecule has 1 aliphatic heterocycles. The van der Waals surface area contributed by atoms with Crippen molar-refractivity contribution >= 4 is 11.8 Å². The van der Waals surface area contributed by atoms with Gasteiger partial charge in [-0.3, -0.25) is 9.88 Å². The van der Waals surface area contributed by atoms with E-state index in [2.05, 4.69) is 29.1 Å². The molecule has 3 nitrogen and oxygen atoms in total. The molecule has 1 unspecified atom stereocenters. The lowest BCUT2D eigenvalue weighted by Crippen LogP contribution is -2.55. The number of hydrogen-bond acceptors (Lipinski definition) is 4. The summed E-state index contributed by atoms with van der Waals surface area (Å²) in [5.41, 5.74) is 8.43. The summed E-state index contributed by atoms with van der Waals surface area (Å²) >= 11 is 2.03. The van der Waals surface area contributed by atoms with Crippen LogP contribution in [0.4, 0.5) is 0 Å². The molecule has 18 heavy (non-hydrogen) atoms. The SMILES string of the molecule is Cc1cccc(CN(C)C2(CN)CCCSC2)n1. The van der Waals surface area contributed by atoms with E-state index in [9.17, 15) is 0 Å². The zero-order valence-electron chi connectivity index (χ0n) is 11.4. The zero-order chi connectivity index (χ0) is 13.0. The average Bonchev–Trinajstić information content (AvgIpc) is 2.39. The van der Waals surface area contributed by atoms with Gasteiger partial charge in [0.1, 0.15) is 0 Å². The molecule has 0 aliphatic carbocycles. The highest BCUT2D eigenvalue weighted by atomic mass is 32.2. The van der Waals surface area contributed by atoms with Gasteiger partial charge in [-0.1, -0.05) is 6.07 Å². The van der Waals surface area contributed by atoms with Crippen LogP contribution in [-0.4, -0.2) is 40.5 Å². The predicted molar refractivity (Wildman–Crippen MR) is 78.8 cm³/mol. The Hall–Kier alpha value is -0.580. The van der Waals surface area contributed by atoms with Crippen molar-refractivity contribution in [2.24, 2.45) is 5.73 Å². The predicted octanol–water partition coefficient (Wildman–Crippen LogP) is 2.05. The highest BCUT2D eigenvalue weighted by Crippen LogP contribution is 2.31. The van der Waals surface area contributed by atoms with Crippen LogP contribution in [0.15, 0.2) is 18.2 Å². The molecule has 2 heterocycles. The van der Waals surface area contributed by atoms with Gasteiger partial charge in [-0.15, -0.1) is 0 Å². The van der Waals surface area contributed by atoms with Gasteiger partial charge in [-0.05, 0) is 44.7 Å². The minimum Gasteiger partial charge on any atom is -0.329 e. The summed E-state index contributed by atoms with van der Waals surface area (Å²) in [6, 6.07) is 6.22. The molecule has 0 aromatic carbocycles. The van der Waals surface area contributed by atoms with Gasteiger partial charge < -0.3 is 5.73 Å². The molecule has 0 radical (unpaired) electrons. The number of aryl methyl sites for hydroxylation is 1. The van der Waals surface area contributed by atoms with Crippen molar-refractivity contribution < 1.29 is 0 Å². The van der Waals surface area contributed by atoms with Crippen LogP contribution in [0.1, 0.15) is 24.2 Å². The summed E-state index contributed by atoms with van der Waals surface area (Å²) < 4.78 is 0. The van der Waals surface area contributed by atoms with Crippen molar-refractivity contribution in [3.05, 3.63) is 29.6 Å². The number of nitrogens with zero attached hydrogens (tertiary/aromatic N) is 2. The first-order valence-electron chi connectivity index (χ1n) is 6.58. The molecule has 4 heteroatoms. The standard InChI is InChI=1S/C14H23N3S/c1-12-5-3-6-13(16-12)9-17(2)14(10-15)7-4-8-18-11-14/h3,5-6H,4,7-11,15H2,1-2H3. The van der Waals surface area contributed by atoms with Gasteiger partial charge in [-0.25, -0.2) is 0 Å². The van der Waals surface area contributed by atoms with Crippen LogP contribution in [0.3, 0.4) is 0 Å². The second-order valence-electron chi connectivity index (χ2n) is 5.21.